The summed E-state index contributed by atoms with van der Waals surface area (Å²) in [6, 6.07) is 9.10. The van der Waals surface area contributed by atoms with Crippen LogP contribution in [0.15, 0.2) is 35.1 Å². The number of carbonyl (C=O) groups excluding carboxylic acids is 1. The average Bonchev–Trinajstić information content (AvgIpc) is 2.77. The number of morpholine rings is 1. The van der Waals surface area contributed by atoms with Gasteiger partial charge in [-0.25, -0.2) is 9.78 Å². The SMILES string of the molecule is CN1CCOCC1c1nc(C(=O)NCc2ccccc2)c(O)c(=O)n1C.O=C(O)C(F)(F)F. The maximum Gasteiger partial charge on any atom is 0.490 e. The number of halogens is 3. The van der Waals surface area contributed by atoms with E-state index in [0.29, 0.717) is 25.6 Å². The molecule has 0 spiro atoms. The maximum atomic E-state index is 12.5. The van der Waals surface area contributed by atoms with Gasteiger partial charge in [-0.05, 0) is 12.6 Å². The molecule has 1 amide bonds. The van der Waals surface area contributed by atoms with E-state index in [4.69, 9.17) is 14.6 Å². The van der Waals surface area contributed by atoms with Crippen LogP contribution in [0.2, 0.25) is 0 Å². The van der Waals surface area contributed by atoms with Crippen molar-refractivity contribution < 1.29 is 37.7 Å². The molecule has 3 N–H and O–H groups in total. The Balaban J connectivity index is 0.000000479. The lowest BCUT2D eigenvalue weighted by Crippen LogP contribution is -2.41. The molecule has 1 fully saturated rings. The number of amides is 1. The number of ether oxygens (including phenoxy) is 1. The second-order valence-electron chi connectivity index (χ2n) is 7.07. The lowest BCUT2D eigenvalue weighted by Gasteiger charge is -2.32. The minimum Gasteiger partial charge on any atom is -0.501 e. The van der Waals surface area contributed by atoms with E-state index in [2.05, 4.69) is 10.3 Å². The number of aromatic nitrogens is 2. The molecule has 0 bridgehead atoms. The van der Waals surface area contributed by atoms with Crippen LogP contribution in [-0.4, -0.2) is 69.5 Å². The van der Waals surface area contributed by atoms with Gasteiger partial charge in [-0.1, -0.05) is 30.3 Å². The van der Waals surface area contributed by atoms with Crippen molar-refractivity contribution in [3.63, 3.8) is 0 Å². The van der Waals surface area contributed by atoms with Gasteiger partial charge in [-0.2, -0.15) is 13.2 Å². The van der Waals surface area contributed by atoms with E-state index in [1.54, 1.807) is 0 Å². The highest BCUT2D eigenvalue weighted by molar-refractivity contribution is 5.94. The quantitative estimate of drug-likeness (QED) is 0.601. The molecule has 1 aromatic carbocycles. The van der Waals surface area contributed by atoms with Gasteiger partial charge < -0.3 is 20.3 Å². The Hall–Kier alpha value is -3.45. The number of nitrogens with zero attached hydrogens (tertiary/aromatic N) is 3. The number of aliphatic carboxylic acids is 1. The number of hydrogen-bond donors (Lipinski definition) is 3. The van der Waals surface area contributed by atoms with Crippen molar-refractivity contribution in [2.45, 2.75) is 18.8 Å². The van der Waals surface area contributed by atoms with E-state index in [0.717, 1.165) is 5.56 Å². The highest BCUT2D eigenvalue weighted by Crippen LogP contribution is 2.22. The Morgan fingerprint density at radius 3 is 2.39 bits per heavy atom. The number of benzene rings is 1. The molecule has 1 unspecified atom stereocenters. The fraction of sp³-hybridized carbons (Fsp3) is 0.400. The van der Waals surface area contributed by atoms with Crippen molar-refractivity contribution in [2.75, 3.05) is 26.8 Å². The lowest BCUT2D eigenvalue weighted by molar-refractivity contribution is -0.192. The minimum absolute atomic E-state index is 0.261. The van der Waals surface area contributed by atoms with Gasteiger partial charge >= 0.3 is 12.1 Å². The van der Waals surface area contributed by atoms with Crippen LogP contribution >= 0.6 is 0 Å². The van der Waals surface area contributed by atoms with Gasteiger partial charge in [0.05, 0.1) is 19.3 Å². The zero-order valence-electron chi connectivity index (χ0n) is 17.8. The fourth-order valence-corrected chi connectivity index (χ4v) is 2.88. The largest absolute Gasteiger partial charge is 0.501 e. The van der Waals surface area contributed by atoms with E-state index in [9.17, 15) is 27.9 Å². The third kappa shape index (κ3) is 6.76. The molecule has 1 aliphatic rings. The lowest BCUT2D eigenvalue weighted by atomic mass is 10.2. The van der Waals surface area contributed by atoms with E-state index in [-0.39, 0.29) is 18.3 Å². The number of nitrogens with one attached hydrogen (secondary N) is 1. The molecule has 180 valence electrons. The summed E-state index contributed by atoms with van der Waals surface area (Å²) in [5, 5.41) is 19.9. The molecule has 3 rings (SSSR count). The summed E-state index contributed by atoms with van der Waals surface area (Å²) in [4.78, 5) is 40.1. The van der Waals surface area contributed by atoms with Crippen LogP contribution in [0, 0.1) is 0 Å². The number of aromatic hydroxyl groups is 1. The summed E-state index contributed by atoms with van der Waals surface area (Å²) in [6.45, 7) is 1.94. The number of alkyl halides is 3. The van der Waals surface area contributed by atoms with Crippen LogP contribution in [-0.2, 0) is 23.1 Å². The summed E-state index contributed by atoms with van der Waals surface area (Å²) < 4.78 is 38.5. The smallest absolute Gasteiger partial charge is 0.490 e. The molecule has 0 saturated carbocycles. The van der Waals surface area contributed by atoms with Gasteiger partial charge in [0.25, 0.3) is 11.5 Å². The van der Waals surface area contributed by atoms with E-state index in [1.165, 1.54) is 11.6 Å². The van der Waals surface area contributed by atoms with Gasteiger partial charge in [0, 0.05) is 20.1 Å². The molecule has 0 aliphatic carbocycles. The van der Waals surface area contributed by atoms with E-state index < -0.39 is 29.4 Å². The average molecular weight is 472 g/mol. The zero-order chi connectivity index (χ0) is 24.8. The van der Waals surface area contributed by atoms with Crippen molar-refractivity contribution in [2.24, 2.45) is 7.05 Å². The van der Waals surface area contributed by atoms with Gasteiger partial charge in [0.15, 0.2) is 5.69 Å². The van der Waals surface area contributed by atoms with Crippen LogP contribution in [0.4, 0.5) is 13.2 Å². The Labute approximate surface area is 186 Å². The van der Waals surface area contributed by atoms with E-state index in [1.807, 2.05) is 42.3 Å². The van der Waals surface area contributed by atoms with Gasteiger partial charge in [0.1, 0.15) is 5.82 Å². The third-order valence-electron chi connectivity index (χ3n) is 4.75. The molecule has 0 radical (unpaired) electrons. The van der Waals surface area contributed by atoms with Crippen molar-refractivity contribution in [1.29, 1.82) is 0 Å². The standard InChI is InChI=1S/C18H22N4O4.C2HF3O2/c1-21-8-9-26-11-13(21)16-20-14(15(23)18(25)22(16)2)17(24)19-10-12-6-4-3-5-7-12;3-2(4,5)1(6)7/h3-7,13,23H,8-11H2,1-2H3,(H,19,24);(H,6,7). The van der Waals surface area contributed by atoms with Crippen molar-refractivity contribution >= 4 is 11.9 Å². The second kappa shape index (κ2) is 10.9. The van der Waals surface area contributed by atoms with Crippen molar-refractivity contribution in [3.05, 3.63) is 57.8 Å². The third-order valence-corrected chi connectivity index (χ3v) is 4.75. The Morgan fingerprint density at radius 1 is 1.24 bits per heavy atom. The highest BCUT2D eigenvalue weighted by atomic mass is 19.4. The monoisotopic (exact) mass is 472 g/mol. The first kappa shape index (κ1) is 25.8. The Kier molecular flexibility index (Phi) is 8.54. The Bertz CT molecular complexity index is 1040. The number of carboxylic acid groups (broad SMARTS) is 1. The van der Waals surface area contributed by atoms with Gasteiger partial charge in [-0.3, -0.25) is 19.1 Å². The first-order valence-corrected chi connectivity index (χ1v) is 9.63. The molecule has 2 heterocycles. The number of rotatable bonds is 4. The molecular formula is C20H23F3N4O6. The normalized spacial score (nSPS) is 16.5. The summed E-state index contributed by atoms with van der Waals surface area (Å²) in [7, 11) is 3.43. The molecule has 1 aliphatic heterocycles. The Morgan fingerprint density at radius 2 is 1.85 bits per heavy atom. The predicted octanol–water partition coefficient (Wildman–Crippen LogP) is 1.05. The molecule has 33 heavy (non-hydrogen) atoms. The summed E-state index contributed by atoms with van der Waals surface area (Å²) in [6.07, 6.45) is -5.08. The molecule has 10 nitrogen and oxygen atoms in total. The van der Waals surface area contributed by atoms with Gasteiger partial charge in [-0.15, -0.1) is 0 Å². The molecular weight excluding hydrogens is 449 g/mol. The van der Waals surface area contributed by atoms with Crippen LogP contribution in [0.25, 0.3) is 0 Å². The molecule has 13 heteroatoms. The number of hydrogen-bond acceptors (Lipinski definition) is 7. The second-order valence-corrected chi connectivity index (χ2v) is 7.07. The van der Waals surface area contributed by atoms with Crippen LogP contribution in [0.1, 0.15) is 27.9 Å². The molecule has 2 aromatic rings. The van der Waals surface area contributed by atoms with Crippen LogP contribution in [0.3, 0.4) is 0 Å². The van der Waals surface area contributed by atoms with Crippen molar-refractivity contribution in [3.8, 4) is 5.75 Å². The first-order chi connectivity index (χ1) is 15.4. The minimum atomic E-state index is -5.08. The van der Waals surface area contributed by atoms with E-state index >= 15 is 0 Å². The molecule has 1 saturated heterocycles. The number of carboxylic acids is 1. The van der Waals surface area contributed by atoms with Crippen LogP contribution < -0.4 is 10.9 Å². The van der Waals surface area contributed by atoms with Crippen molar-refractivity contribution in [1.82, 2.24) is 19.8 Å². The molecule has 1 aromatic heterocycles. The number of likely N-dealkylation sites (N-methyl/N-ethyl adjacent to an activating group) is 1. The topological polar surface area (TPSA) is 134 Å². The van der Waals surface area contributed by atoms with Gasteiger partial charge in [0.2, 0.25) is 5.75 Å². The fourth-order valence-electron chi connectivity index (χ4n) is 2.88. The molecule has 1 atom stereocenters. The zero-order valence-corrected chi connectivity index (χ0v) is 17.8. The number of carbonyl (C=O) groups is 2. The maximum absolute atomic E-state index is 12.5. The summed E-state index contributed by atoms with van der Waals surface area (Å²) in [5.41, 5.74) is -0.0124. The summed E-state index contributed by atoms with van der Waals surface area (Å²) >= 11 is 0. The highest BCUT2D eigenvalue weighted by Gasteiger charge is 2.38. The first-order valence-electron chi connectivity index (χ1n) is 9.63. The van der Waals surface area contributed by atoms with Crippen LogP contribution in [0.5, 0.6) is 5.75 Å². The summed E-state index contributed by atoms with van der Waals surface area (Å²) in [5.74, 6) is -3.61. The predicted molar refractivity (Wildman–Crippen MR) is 109 cm³/mol.